The molecular formula is C104H84BCl3N4O4P4Pd. The number of rotatable bonds is 18. The van der Waals surface area contributed by atoms with E-state index < -0.39 is 38.8 Å². The molecule has 2 aromatic heterocycles. The van der Waals surface area contributed by atoms with E-state index in [0.717, 1.165) is 28.5 Å². The van der Waals surface area contributed by atoms with Gasteiger partial charge in [0.1, 0.15) is 38.5 Å². The number of nitrogens with zero attached hydrogens (tertiary/aromatic N) is 4. The van der Waals surface area contributed by atoms with Crippen molar-refractivity contribution in [2.75, 3.05) is 0 Å². The van der Waals surface area contributed by atoms with Crippen LogP contribution >= 0.6 is 66.5 Å². The SMILES string of the molecule is Clc1cnc(-c2ccc(Oc3ccccc3)cc2)cn1.Clc1cnc(Cl)cn1.OB(O)c1ccc(Oc2ccccc2)cc1.[Pd].c1ccc(P(c2ccccc2)c2ccccc2)cc1.c1ccc(P(c2ccccc2)c2ccccc2)cc1.c1ccc(P(c2ccccc2)c2ccccc2)cc1.c1ccc(P(c2ccccc2)c2ccccc2)cc1. The molecule has 18 aromatic rings. The van der Waals surface area contributed by atoms with Crippen LogP contribution in [0.5, 0.6) is 23.0 Å². The minimum atomic E-state index is -1.44. The predicted molar refractivity (Wildman–Crippen MR) is 514 cm³/mol. The molecule has 18 rings (SSSR count). The van der Waals surface area contributed by atoms with Gasteiger partial charge in [0.05, 0.1) is 30.5 Å². The van der Waals surface area contributed by atoms with E-state index in [4.69, 9.17) is 54.3 Å². The smallest absolute Gasteiger partial charge is 0.457 e. The molecule has 0 spiro atoms. The molecular weight excluding hydrogens is 1720 g/mol. The molecule has 0 saturated carbocycles. The Hall–Kier alpha value is -11.5. The van der Waals surface area contributed by atoms with Crippen LogP contribution in [0.15, 0.2) is 498 Å². The zero-order valence-corrected chi connectivity index (χ0v) is 73.1. The summed E-state index contributed by atoms with van der Waals surface area (Å²) in [5.74, 6) is 3.00. The molecule has 17 heteroatoms. The third-order valence-corrected chi connectivity index (χ3v) is 28.0. The first-order chi connectivity index (χ1) is 59.1. The van der Waals surface area contributed by atoms with Crippen LogP contribution in [0.3, 0.4) is 0 Å². The van der Waals surface area contributed by atoms with E-state index in [1.165, 1.54) is 82.2 Å². The summed E-state index contributed by atoms with van der Waals surface area (Å²) in [6.45, 7) is 0. The fraction of sp³-hybridized carbons (Fsp3) is 0. The second-order valence-corrected chi connectivity index (χ2v) is 36.1. The molecule has 0 aliphatic carbocycles. The number of ether oxygens (including phenoxy) is 2. The molecule has 16 aromatic carbocycles. The van der Waals surface area contributed by atoms with Gasteiger partial charge in [-0.05, 0) is 161 Å². The van der Waals surface area contributed by atoms with E-state index >= 15 is 0 Å². The van der Waals surface area contributed by atoms with Gasteiger partial charge in [-0.3, -0.25) is 4.98 Å². The van der Waals surface area contributed by atoms with Gasteiger partial charge in [-0.2, -0.15) is 0 Å². The minimum absolute atomic E-state index is 0. The van der Waals surface area contributed by atoms with Crippen LogP contribution in [-0.4, -0.2) is 37.1 Å². The predicted octanol–water partition coefficient (Wildman–Crippen LogP) is 21.3. The number of hydrogen-bond acceptors (Lipinski definition) is 8. The third kappa shape index (κ3) is 29.4. The Morgan fingerprint density at radius 1 is 0.198 bits per heavy atom. The Morgan fingerprint density at radius 2 is 0.364 bits per heavy atom. The van der Waals surface area contributed by atoms with Crippen molar-refractivity contribution in [2.45, 2.75) is 0 Å². The third-order valence-electron chi connectivity index (χ3n) is 17.7. The first-order valence-electron chi connectivity index (χ1n) is 38.6. The number of benzene rings is 16. The minimum Gasteiger partial charge on any atom is -0.457 e. The van der Waals surface area contributed by atoms with Crippen molar-refractivity contribution in [3.63, 3.8) is 0 Å². The zero-order valence-electron chi connectivity index (χ0n) is 65.7. The normalized spacial score (nSPS) is 10.3. The standard InChI is InChI=1S/4C18H15P.C16H11ClN2O.C12H11BO3.C4H2Cl2N2.Pd/c4*1-4-10-16(11-5-1)19(17-12-6-2-7-13-17)18-14-8-3-9-15-18;17-16-11-18-15(10-19-16)12-6-8-14(9-7-12)20-13-4-2-1-3-5-13;14-13(15)10-6-8-12(9-7-10)16-11-4-2-1-3-5-11;5-3-1-7-4(6)2-8-3;/h4*1-15H;1-11H;1-9,14-15H;1-2H;. The zero-order chi connectivity index (χ0) is 82.8. The molecule has 2 N–H and O–H groups in total. The van der Waals surface area contributed by atoms with Crippen molar-refractivity contribution in [3.05, 3.63) is 513 Å². The molecule has 0 atom stereocenters. The summed E-state index contributed by atoms with van der Waals surface area (Å²) in [6.07, 6.45) is 5.97. The monoisotopic (exact) mass is 1800 g/mol. The van der Waals surface area contributed by atoms with Gasteiger partial charge in [0.15, 0.2) is 0 Å². The van der Waals surface area contributed by atoms with E-state index in [9.17, 15) is 0 Å². The topological polar surface area (TPSA) is 110 Å². The molecule has 0 saturated heterocycles. The molecule has 0 radical (unpaired) electrons. The van der Waals surface area contributed by atoms with Crippen molar-refractivity contribution in [2.24, 2.45) is 0 Å². The fourth-order valence-electron chi connectivity index (χ4n) is 12.1. The van der Waals surface area contributed by atoms with Crippen LogP contribution in [-0.2, 0) is 20.4 Å². The number of para-hydroxylation sites is 2. The summed E-state index contributed by atoms with van der Waals surface area (Å²) in [5.41, 5.74) is 2.19. The summed E-state index contributed by atoms with van der Waals surface area (Å²) < 4.78 is 11.3. The molecule has 2 heterocycles. The molecule has 0 aliphatic heterocycles. The first kappa shape index (κ1) is 90.3. The molecule has 0 fully saturated rings. The van der Waals surface area contributed by atoms with Crippen LogP contribution in [0.25, 0.3) is 11.3 Å². The Kier molecular flexibility index (Phi) is 37.7. The second-order valence-electron chi connectivity index (χ2n) is 26.1. The summed E-state index contributed by atoms with van der Waals surface area (Å²) in [4.78, 5) is 15.5. The Balaban J connectivity index is 0.000000139. The average molecular weight is 1800 g/mol. The molecule has 0 unspecified atom stereocenters. The maximum absolute atomic E-state index is 8.92. The van der Waals surface area contributed by atoms with Gasteiger partial charge in [0.2, 0.25) is 0 Å². The molecule has 0 amide bonds. The van der Waals surface area contributed by atoms with Crippen molar-refractivity contribution < 1.29 is 39.9 Å². The maximum Gasteiger partial charge on any atom is 0.488 e. The molecule has 0 aliphatic rings. The van der Waals surface area contributed by atoms with Crippen LogP contribution in [0.4, 0.5) is 0 Å². The Morgan fingerprint density at radius 3 is 0.537 bits per heavy atom. The van der Waals surface area contributed by atoms with Crippen molar-refractivity contribution in [3.8, 4) is 34.3 Å². The van der Waals surface area contributed by atoms with Crippen molar-refractivity contribution >= 4 is 143 Å². The van der Waals surface area contributed by atoms with E-state index in [1.54, 1.807) is 30.5 Å². The van der Waals surface area contributed by atoms with Crippen LogP contribution in [0.2, 0.25) is 15.5 Å². The average Bonchev–Trinajstić information content (AvgIpc) is 0.846. The maximum atomic E-state index is 8.92. The Bertz CT molecular complexity index is 4950. The van der Waals surface area contributed by atoms with Crippen LogP contribution in [0, 0.1) is 0 Å². The first-order valence-corrected chi connectivity index (χ1v) is 45.1. The van der Waals surface area contributed by atoms with E-state index in [-0.39, 0.29) is 20.4 Å². The second kappa shape index (κ2) is 50.6. The van der Waals surface area contributed by atoms with Gasteiger partial charge in [-0.25, -0.2) is 15.0 Å². The summed E-state index contributed by atoms with van der Waals surface area (Å²) >= 11 is 16.5. The Labute approximate surface area is 744 Å². The van der Waals surface area contributed by atoms with Gasteiger partial charge >= 0.3 is 7.12 Å². The van der Waals surface area contributed by atoms with Crippen LogP contribution < -0.4 is 78.6 Å². The van der Waals surface area contributed by atoms with Crippen LogP contribution in [0.1, 0.15) is 0 Å². The van der Waals surface area contributed by atoms with E-state index in [1.807, 2.05) is 84.9 Å². The molecule has 8 nitrogen and oxygen atoms in total. The van der Waals surface area contributed by atoms with Gasteiger partial charge in [0, 0.05) is 26.0 Å². The van der Waals surface area contributed by atoms with Gasteiger partial charge in [0.25, 0.3) is 0 Å². The van der Waals surface area contributed by atoms with Gasteiger partial charge in [-0.1, -0.05) is 447 Å². The van der Waals surface area contributed by atoms with Gasteiger partial charge < -0.3 is 19.5 Å². The van der Waals surface area contributed by atoms with Crippen molar-refractivity contribution in [1.82, 2.24) is 19.9 Å². The molecule has 0 bridgehead atoms. The van der Waals surface area contributed by atoms with E-state index in [2.05, 4.69) is 384 Å². The molecule has 598 valence electrons. The fourth-order valence-corrected chi connectivity index (χ4v) is 21.6. The summed E-state index contributed by atoms with van der Waals surface area (Å²) in [7, 11) is -3.22. The number of halogens is 3. The van der Waals surface area contributed by atoms with E-state index in [0.29, 0.717) is 26.7 Å². The summed E-state index contributed by atoms with van der Waals surface area (Å²) in [6, 6.07) is 163. The molecule has 121 heavy (non-hydrogen) atoms. The number of hydrogen-bond donors (Lipinski definition) is 2. The summed E-state index contributed by atoms with van der Waals surface area (Å²) in [5, 5.41) is 35.7. The van der Waals surface area contributed by atoms with Gasteiger partial charge in [-0.15, -0.1) is 0 Å². The largest absolute Gasteiger partial charge is 0.488 e. The van der Waals surface area contributed by atoms with Crippen molar-refractivity contribution in [1.29, 1.82) is 0 Å². The number of aromatic nitrogens is 4. The quantitative estimate of drug-likeness (QED) is 0.0646.